The summed E-state index contributed by atoms with van der Waals surface area (Å²) in [6.45, 7) is 6.81. The molecule has 0 bridgehead atoms. The molecular formula is C13H18ClNO4S. The summed E-state index contributed by atoms with van der Waals surface area (Å²) in [5, 5.41) is 9.16. The molecule has 0 amide bonds. The van der Waals surface area contributed by atoms with Gasteiger partial charge in [-0.3, -0.25) is 0 Å². The topological polar surface area (TPSA) is 83.5 Å². The number of aromatic carboxylic acids is 1. The maximum Gasteiger partial charge on any atom is 0.336 e. The average molecular weight is 320 g/mol. The first-order valence-electron chi connectivity index (χ1n) is 6.07. The molecule has 20 heavy (non-hydrogen) atoms. The van der Waals surface area contributed by atoms with Crippen LogP contribution in [0, 0.1) is 6.92 Å². The zero-order chi connectivity index (χ0) is 15.7. The molecule has 0 aromatic heterocycles. The number of hydrogen-bond acceptors (Lipinski definition) is 3. The van der Waals surface area contributed by atoms with E-state index in [4.69, 9.17) is 16.7 Å². The monoisotopic (exact) mass is 319 g/mol. The molecule has 0 saturated carbocycles. The highest BCUT2D eigenvalue weighted by Crippen LogP contribution is 2.26. The van der Waals surface area contributed by atoms with E-state index in [1.807, 2.05) is 6.92 Å². The number of sulfonamides is 1. The van der Waals surface area contributed by atoms with E-state index >= 15 is 0 Å². The van der Waals surface area contributed by atoms with Crippen LogP contribution >= 0.6 is 11.6 Å². The van der Waals surface area contributed by atoms with E-state index in [-0.39, 0.29) is 21.0 Å². The van der Waals surface area contributed by atoms with Crippen LogP contribution < -0.4 is 4.72 Å². The van der Waals surface area contributed by atoms with E-state index < -0.39 is 21.5 Å². The molecule has 0 fully saturated rings. The second-order valence-corrected chi connectivity index (χ2v) is 7.31. The minimum atomic E-state index is -3.84. The van der Waals surface area contributed by atoms with E-state index in [1.54, 1.807) is 13.8 Å². The molecule has 1 rings (SSSR count). The molecule has 0 atom stereocenters. The van der Waals surface area contributed by atoms with Crippen LogP contribution in [0.1, 0.15) is 43.1 Å². The second kappa shape index (κ2) is 5.71. The summed E-state index contributed by atoms with van der Waals surface area (Å²) in [6, 6.07) is 2.50. The number of hydrogen-bond donors (Lipinski definition) is 2. The lowest BCUT2D eigenvalue weighted by molar-refractivity contribution is 0.0696. The van der Waals surface area contributed by atoms with Gasteiger partial charge in [0.2, 0.25) is 10.0 Å². The van der Waals surface area contributed by atoms with Crippen molar-refractivity contribution in [2.75, 3.05) is 0 Å². The van der Waals surface area contributed by atoms with Crippen molar-refractivity contribution in [3.8, 4) is 0 Å². The minimum absolute atomic E-state index is 0.0719. The molecule has 0 heterocycles. The number of carboxylic acid groups (broad SMARTS) is 1. The highest BCUT2D eigenvalue weighted by molar-refractivity contribution is 7.89. The minimum Gasteiger partial charge on any atom is -0.478 e. The Morgan fingerprint density at radius 3 is 2.40 bits per heavy atom. The van der Waals surface area contributed by atoms with Gasteiger partial charge >= 0.3 is 5.97 Å². The molecule has 5 nitrogen and oxygen atoms in total. The normalized spacial score (nSPS) is 12.4. The lowest BCUT2D eigenvalue weighted by Gasteiger charge is -2.25. The van der Waals surface area contributed by atoms with Crippen LogP contribution in [0.2, 0.25) is 5.02 Å². The van der Waals surface area contributed by atoms with Gasteiger partial charge in [0.25, 0.3) is 0 Å². The van der Waals surface area contributed by atoms with Crippen LogP contribution in [0.4, 0.5) is 0 Å². The number of carboxylic acids is 1. The third-order valence-corrected chi connectivity index (χ3v) is 5.18. The molecule has 2 N–H and O–H groups in total. The fraction of sp³-hybridized carbons (Fsp3) is 0.462. The second-order valence-electron chi connectivity index (χ2n) is 5.22. The van der Waals surface area contributed by atoms with Crippen LogP contribution in [0.5, 0.6) is 0 Å². The molecule has 1 aromatic carbocycles. The van der Waals surface area contributed by atoms with Gasteiger partial charge in [0.05, 0.1) is 10.5 Å². The lowest BCUT2D eigenvalue weighted by Crippen LogP contribution is -2.42. The Balaban J connectivity index is 3.43. The van der Waals surface area contributed by atoms with Crippen molar-refractivity contribution < 1.29 is 18.3 Å². The summed E-state index contributed by atoms with van der Waals surface area (Å²) < 4.78 is 27.3. The standard InChI is InChI=1S/C13H18ClNO4S/c1-5-13(3,4)15-20(18,19)11-7-9(14)6-10(8(11)2)12(16)17/h6-7,15H,5H2,1-4H3,(H,16,17). The molecule has 0 aliphatic carbocycles. The Morgan fingerprint density at radius 1 is 1.40 bits per heavy atom. The summed E-state index contributed by atoms with van der Waals surface area (Å²) in [6.07, 6.45) is 0.595. The van der Waals surface area contributed by atoms with Gasteiger partial charge in [-0.05, 0) is 44.9 Å². The Hall–Kier alpha value is -1.11. The zero-order valence-electron chi connectivity index (χ0n) is 11.8. The van der Waals surface area contributed by atoms with Gasteiger partial charge in [0.15, 0.2) is 0 Å². The van der Waals surface area contributed by atoms with Gasteiger partial charge in [0.1, 0.15) is 0 Å². The van der Waals surface area contributed by atoms with Gasteiger partial charge in [0, 0.05) is 10.6 Å². The molecule has 7 heteroatoms. The van der Waals surface area contributed by atoms with Gasteiger partial charge < -0.3 is 5.11 Å². The summed E-state index contributed by atoms with van der Waals surface area (Å²) in [5.41, 5.74) is -0.578. The largest absolute Gasteiger partial charge is 0.478 e. The Labute approximate surface area is 124 Å². The lowest BCUT2D eigenvalue weighted by atomic mass is 10.0. The molecule has 0 aliphatic heterocycles. The Morgan fingerprint density at radius 2 is 1.95 bits per heavy atom. The quantitative estimate of drug-likeness (QED) is 0.874. The van der Waals surface area contributed by atoms with Crippen molar-refractivity contribution in [2.24, 2.45) is 0 Å². The van der Waals surface area contributed by atoms with E-state index in [0.717, 1.165) is 0 Å². The van der Waals surface area contributed by atoms with Crippen molar-refractivity contribution in [1.82, 2.24) is 4.72 Å². The van der Waals surface area contributed by atoms with Crippen molar-refractivity contribution in [3.63, 3.8) is 0 Å². The highest BCUT2D eigenvalue weighted by atomic mass is 35.5. The van der Waals surface area contributed by atoms with E-state index in [1.165, 1.54) is 19.1 Å². The molecule has 0 unspecified atom stereocenters. The molecule has 0 aliphatic rings. The molecule has 1 aromatic rings. The molecule has 0 spiro atoms. The Kier molecular flexibility index (Phi) is 4.84. The van der Waals surface area contributed by atoms with Crippen molar-refractivity contribution in [1.29, 1.82) is 0 Å². The van der Waals surface area contributed by atoms with Crippen molar-refractivity contribution in [2.45, 2.75) is 44.6 Å². The summed E-state index contributed by atoms with van der Waals surface area (Å²) in [4.78, 5) is 11.0. The molecular weight excluding hydrogens is 302 g/mol. The number of halogens is 1. The SMILES string of the molecule is CCC(C)(C)NS(=O)(=O)c1cc(Cl)cc(C(=O)O)c1C. The molecule has 0 radical (unpaired) electrons. The van der Waals surface area contributed by atoms with Gasteiger partial charge in [-0.2, -0.15) is 0 Å². The predicted octanol–water partition coefficient (Wildman–Crippen LogP) is 2.81. The predicted molar refractivity (Wildman–Crippen MR) is 77.8 cm³/mol. The first kappa shape index (κ1) is 16.9. The molecule has 112 valence electrons. The fourth-order valence-corrected chi connectivity index (χ4v) is 3.71. The third-order valence-electron chi connectivity index (χ3n) is 3.14. The summed E-state index contributed by atoms with van der Waals surface area (Å²) >= 11 is 5.82. The Bertz CT molecular complexity index is 638. The van der Waals surface area contributed by atoms with Crippen LogP contribution in [0.15, 0.2) is 17.0 Å². The maximum absolute atomic E-state index is 12.4. The highest BCUT2D eigenvalue weighted by Gasteiger charge is 2.27. The maximum atomic E-state index is 12.4. The van der Waals surface area contributed by atoms with Crippen LogP contribution in [0.3, 0.4) is 0 Å². The fourth-order valence-electron chi connectivity index (χ4n) is 1.65. The van der Waals surface area contributed by atoms with Gasteiger partial charge in [-0.25, -0.2) is 17.9 Å². The summed E-state index contributed by atoms with van der Waals surface area (Å²) in [5.74, 6) is -1.21. The van der Waals surface area contributed by atoms with Crippen LogP contribution in [-0.2, 0) is 10.0 Å². The van der Waals surface area contributed by atoms with E-state index in [9.17, 15) is 13.2 Å². The van der Waals surface area contributed by atoms with Crippen LogP contribution in [-0.4, -0.2) is 25.0 Å². The van der Waals surface area contributed by atoms with Crippen molar-refractivity contribution in [3.05, 3.63) is 28.3 Å². The van der Waals surface area contributed by atoms with E-state index in [0.29, 0.717) is 6.42 Å². The van der Waals surface area contributed by atoms with Gasteiger partial charge in [-0.15, -0.1) is 0 Å². The molecule has 0 saturated heterocycles. The zero-order valence-corrected chi connectivity index (χ0v) is 13.4. The first-order chi connectivity index (χ1) is 9.00. The average Bonchev–Trinajstić information content (AvgIpc) is 2.30. The third kappa shape index (κ3) is 3.71. The van der Waals surface area contributed by atoms with E-state index in [2.05, 4.69) is 4.72 Å². The number of benzene rings is 1. The van der Waals surface area contributed by atoms with Gasteiger partial charge in [-0.1, -0.05) is 18.5 Å². The summed E-state index contributed by atoms with van der Waals surface area (Å²) in [7, 11) is -3.84. The first-order valence-corrected chi connectivity index (χ1v) is 7.93. The number of nitrogens with one attached hydrogen (secondary N) is 1. The van der Waals surface area contributed by atoms with Crippen LogP contribution in [0.25, 0.3) is 0 Å². The smallest absolute Gasteiger partial charge is 0.336 e. The number of carbonyl (C=O) groups is 1. The van der Waals surface area contributed by atoms with Crippen molar-refractivity contribution >= 4 is 27.6 Å². The number of rotatable bonds is 5.